The molecule has 0 heterocycles. The zero-order valence-electron chi connectivity index (χ0n) is 9.88. The van der Waals surface area contributed by atoms with E-state index in [1.165, 1.54) is 25.7 Å². The second-order valence-corrected chi connectivity index (χ2v) is 5.72. The maximum absolute atomic E-state index is 6.43. The number of halogens is 1. The molecule has 0 saturated heterocycles. The summed E-state index contributed by atoms with van der Waals surface area (Å²) < 4.78 is 0. The summed E-state index contributed by atoms with van der Waals surface area (Å²) in [6.45, 7) is 2.12. The van der Waals surface area contributed by atoms with Crippen molar-refractivity contribution in [1.29, 1.82) is 0 Å². The van der Waals surface area contributed by atoms with Crippen molar-refractivity contribution in [2.24, 2.45) is 11.7 Å². The van der Waals surface area contributed by atoms with Crippen molar-refractivity contribution in [3.05, 3.63) is 34.9 Å². The minimum absolute atomic E-state index is 0.236. The van der Waals surface area contributed by atoms with E-state index in [1.807, 2.05) is 18.2 Å². The summed E-state index contributed by atoms with van der Waals surface area (Å²) in [6, 6.07) is 7.96. The van der Waals surface area contributed by atoms with Crippen molar-refractivity contribution < 1.29 is 0 Å². The predicted octanol–water partition coefficient (Wildman–Crippen LogP) is 4.09. The van der Waals surface area contributed by atoms with Gasteiger partial charge in [0.15, 0.2) is 0 Å². The van der Waals surface area contributed by atoms with Crippen LogP contribution in [0.4, 0.5) is 0 Å². The third-order valence-electron chi connectivity index (χ3n) is 3.67. The number of hydrogen-bond donors (Lipinski definition) is 1. The Morgan fingerprint density at radius 1 is 1.38 bits per heavy atom. The fourth-order valence-electron chi connectivity index (χ4n) is 2.78. The normalized spacial score (nSPS) is 20.9. The van der Waals surface area contributed by atoms with Gasteiger partial charge in [0.1, 0.15) is 0 Å². The molecule has 0 spiro atoms. The van der Waals surface area contributed by atoms with E-state index in [9.17, 15) is 0 Å². The molecule has 1 aliphatic rings. The molecule has 2 N–H and O–H groups in total. The second-order valence-electron chi connectivity index (χ2n) is 5.28. The van der Waals surface area contributed by atoms with Crippen molar-refractivity contribution >= 4 is 11.6 Å². The fourth-order valence-corrected chi connectivity index (χ4v) is 2.97. The average molecular weight is 238 g/mol. The molecule has 1 atom stereocenters. The predicted molar refractivity (Wildman–Crippen MR) is 69.6 cm³/mol. The van der Waals surface area contributed by atoms with Crippen LogP contribution in [-0.4, -0.2) is 0 Å². The van der Waals surface area contributed by atoms with E-state index in [0.29, 0.717) is 0 Å². The Kier molecular flexibility index (Phi) is 3.56. The van der Waals surface area contributed by atoms with E-state index >= 15 is 0 Å². The molecule has 1 nitrogen and oxygen atoms in total. The lowest BCUT2D eigenvalue weighted by molar-refractivity contribution is 0.349. The maximum atomic E-state index is 6.43. The molecule has 0 bridgehead atoms. The second kappa shape index (κ2) is 4.77. The van der Waals surface area contributed by atoms with E-state index in [4.69, 9.17) is 17.3 Å². The van der Waals surface area contributed by atoms with Crippen molar-refractivity contribution in [3.63, 3.8) is 0 Å². The molecule has 1 saturated carbocycles. The van der Waals surface area contributed by atoms with Crippen LogP contribution in [0.2, 0.25) is 5.02 Å². The number of hydrogen-bond acceptors (Lipinski definition) is 1. The summed E-state index contributed by atoms with van der Waals surface area (Å²) in [4.78, 5) is 0. The Bertz CT molecular complexity index is 354. The van der Waals surface area contributed by atoms with Gasteiger partial charge in [0, 0.05) is 10.6 Å². The topological polar surface area (TPSA) is 26.0 Å². The van der Waals surface area contributed by atoms with Crippen molar-refractivity contribution in [2.45, 2.75) is 44.6 Å². The summed E-state index contributed by atoms with van der Waals surface area (Å²) in [5.74, 6) is 0.800. The van der Waals surface area contributed by atoms with Gasteiger partial charge >= 0.3 is 0 Å². The highest BCUT2D eigenvalue weighted by Crippen LogP contribution is 2.35. The molecule has 2 rings (SSSR count). The molecule has 1 aromatic carbocycles. The molecule has 0 aromatic heterocycles. The molecule has 2 heteroatoms. The van der Waals surface area contributed by atoms with Crippen LogP contribution in [0.25, 0.3) is 0 Å². The summed E-state index contributed by atoms with van der Waals surface area (Å²) in [7, 11) is 0. The van der Waals surface area contributed by atoms with Gasteiger partial charge in [0.25, 0.3) is 0 Å². The monoisotopic (exact) mass is 237 g/mol. The standard InChI is InChI=1S/C14H20ClN/c1-14(16,10-11-5-2-3-6-11)12-7-4-8-13(15)9-12/h4,7-9,11H,2-3,5-6,10,16H2,1H3. The minimum Gasteiger partial charge on any atom is -0.322 e. The Hall–Kier alpha value is -0.530. The minimum atomic E-state index is -0.236. The van der Waals surface area contributed by atoms with Gasteiger partial charge in [-0.15, -0.1) is 0 Å². The molecule has 1 aromatic rings. The molecule has 88 valence electrons. The summed E-state index contributed by atoms with van der Waals surface area (Å²) in [6.07, 6.45) is 6.50. The zero-order chi connectivity index (χ0) is 11.6. The molecule has 1 unspecified atom stereocenters. The van der Waals surface area contributed by atoms with Gasteiger partial charge < -0.3 is 5.73 Å². The average Bonchev–Trinajstić information content (AvgIpc) is 2.70. The van der Waals surface area contributed by atoms with Gasteiger partial charge in [-0.2, -0.15) is 0 Å². The smallest absolute Gasteiger partial charge is 0.0409 e. The largest absolute Gasteiger partial charge is 0.322 e. The van der Waals surface area contributed by atoms with Crippen LogP contribution in [0.5, 0.6) is 0 Å². The summed E-state index contributed by atoms with van der Waals surface area (Å²) in [5.41, 5.74) is 7.35. The Labute approximate surface area is 103 Å². The SMILES string of the molecule is CC(N)(CC1CCCC1)c1cccc(Cl)c1. The first-order valence-electron chi connectivity index (χ1n) is 6.13. The highest BCUT2D eigenvalue weighted by atomic mass is 35.5. The zero-order valence-corrected chi connectivity index (χ0v) is 10.6. The number of nitrogens with two attached hydrogens (primary N) is 1. The molecule has 0 aliphatic heterocycles. The first-order valence-corrected chi connectivity index (χ1v) is 6.51. The fraction of sp³-hybridized carbons (Fsp3) is 0.571. The molecule has 0 amide bonds. The Morgan fingerprint density at radius 3 is 2.69 bits per heavy atom. The van der Waals surface area contributed by atoms with Crippen molar-refractivity contribution in [2.75, 3.05) is 0 Å². The van der Waals surface area contributed by atoms with Crippen molar-refractivity contribution in [3.8, 4) is 0 Å². The van der Waals surface area contributed by atoms with Gasteiger partial charge in [0.05, 0.1) is 0 Å². The molecular formula is C14H20ClN. The lowest BCUT2D eigenvalue weighted by Crippen LogP contribution is -2.34. The quantitative estimate of drug-likeness (QED) is 0.842. The number of rotatable bonds is 3. The maximum Gasteiger partial charge on any atom is 0.0409 e. The highest BCUT2D eigenvalue weighted by molar-refractivity contribution is 6.30. The van der Waals surface area contributed by atoms with Crippen molar-refractivity contribution in [1.82, 2.24) is 0 Å². The Balaban J connectivity index is 2.10. The molecule has 1 aliphatic carbocycles. The summed E-state index contributed by atoms with van der Waals surface area (Å²) in [5, 5.41) is 0.778. The first kappa shape index (κ1) is 11.9. The van der Waals surface area contributed by atoms with Crippen LogP contribution < -0.4 is 5.73 Å². The third-order valence-corrected chi connectivity index (χ3v) is 3.91. The van der Waals surface area contributed by atoms with Crippen LogP contribution in [0, 0.1) is 5.92 Å². The van der Waals surface area contributed by atoms with E-state index in [-0.39, 0.29) is 5.54 Å². The van der Waals surface area contributed by atoms with Crippen LogP contribution in [-0.2, 0) is 5.54 Å². The first-order chi connectivity index (χ1) is 7.58. The van der Waals surface area contributed by atoms with Crippen LogP contribution in [0.1, 0.15) is 44.6 Å². The van der Waals surface area contributed by atoms with Gasteiger partial charge in [0.2, 0.25) is 0 Å². The molecule has 16 heavy (non-hydrogen) atoms. The van der Waals surface area contributed by atoms with Crippen LogP contribution in [0.3, 0.4) is 0 Å². The van der Waals surface area contributed by atoms with E-state index in [0.717, 1.165) is 22.9 Å². The van der Waals surface area contributed by atoms with Gasteiger partial charge in [-0.05, 0) is 37.0 Å². The molecular weight excluding hydrogens is 218 g/mol. The van der Waals surface area contributed by atoms with E-state index in [1.54, 1.807) is 0 Å². The Morgan fingerprint density at radius 2 is 2.06 bits per heavy atom. The van der Waals surface area contributed by atoms with Crippen LogP contribution >= 0.6 is 11.6 Å². The molecule has 0 radical (unpaired) electrons. The van der Waals surface area contributed by atoms with E-state index in [2.05, 4.69) is 13.0 Å². The molecule has 1 fully saturated rings. The van der Waals surface area contributed by atoms with Crippen LogP contribution in [0.15, 0.2) is 24.3 Å². The van der Waals surface area contributed by atoms with Gasteiger partial charge in [-0.3, -0.25) is 0 Å². The number of benzene rings is 1. The van der Waals surface area contributed by atoms with Gasteiger partial charge in [-0.1, -0.05) is 49.4 Å². The lowest BCUT2D eigenvalue weighted by atomic mass is 9.83. The highest BCUT2D eigenvalue weighted by Gasteiger charge is 2.27. The lowest BCUT2D eigenvalue weighted by Gasteiger charge is -2.28. The van der Waals surface area contributed by atoms with E-state index < -0.39 is 0 Å². The van der Waals surface area contributed by atoms with Gasteiger partial charge in [-0.25, -0.2) is 0 Å². The summed E-state index contributed by atoms with van der Waals surface area (Å²) >= 11 is 6.01. The third kappa shape index (κ3) is 2.78.